The van der Waals surface area contributed by atoms with E-state index in [-0.39, 0.29) is 0 Å². The lowest BCUT2D eigenvalue weighted by Gasteiger charge is -2.37. The molecule has 0 saturated heterocycles. The summed E-state index contributed by atoms with van der Waals surface area (Å²) in [7, 11) is -9.65. The van der Waals surface area contributed by atoms with Crippen molar-refractivity contribution in [3.8, 4) is 0 Å². The number of aromatic nitrogens is 2. The minimum absolute atomic E-state index is 0.611. The second-order valence-corrected chi connectivity index (χ2v) is 4.30. The Morgan fingerprint density at radius 3 is 1.58 bits per heavy atom. The quantitative estimate of drug-likeness (QED) is 0.521. The predicted molar refractivity (Wildman–Crippen MR) is 33.4 cm³/mol. The van der Waals surface area contributed by atoms with Gasteiger partial charge in [-0.15, -0.1) is 0 Å². The molecule has 0 aliphatic heterocycles. The molecular formula is C4H3F5N2S. The molecule has 0 bridgehead atoms. The van der Waals surface area contributed by atoms with Crippen LogP contribution in [0.25, 0.3) is 0 Å². The number of hydrogen-bond acceptors (Lipinski definition) is 2. The molecule has 0 aliphatic rings. The van der Waals surface area contributed by atoms with Gasteiger partial charge in [-0.05, 0) is 6.07 Å². The molecule has 1 heterocycles. The van der Waals surface area contributed by atoms with Crippen molar-refractivity contribution in [2.45, 2.75) is 5.16 Å². The van der Waals surface area contributed by atoms with Crippen molar-refractivity contribution >= 4 is 10.2 Å². The highest BCUT2D eigenvalue weighted by Crippen LogP contribution is 3.01. The summed E-state index contributed by atoms with van der Waals surface area (Å²) >= 11 is 0. The Hall–Kier alpha value is -0.920. The monoisotopic (exact) mass is 206 g/mol. The van der Waals surface area contributed by atoms with Gasteiger partial charge < -0.3 is 0 Å². The van der Waals surface area contributed by atoms with Crippen LogP contribution in [0.2, 0.25) is 0 Å². The van der Waals surface area contributed by atoms with Crippen LogP contribution in [0.5, 0.6) is 0 Å². The van der Waals surface area contributed by atoms with E-state index in [0.29, 0.717) is 12.4 Å². The van der Waals surface area contributed by atoms with Crippen molar-refractivity contribution in [3.05, 3.63) is 18.5 Å². The minimum atomic E-state index is -9.65. The highest BCUT2D eigenvalue weighted by Gasteiger charge is 2.68. The third-order valence-electron chi connectivity index (χ3n) is 0.887. The average Bonchev–Trinajstić information content (AvgIpc) is 1.85. The Labute approximate surface area is 64.2 Å². The summed E-state index contributed by atoms with van der Waals surface area (Å²) in [6, 6.07) is 1.02. The molecule has 0 atom stereocenters. The highest BCUT2D eigenvalue weighted by atomic mass is 32.5. The van der Waals surface area contributed by atoms with Crippen LogP contribution < -0.4 is 0 Å². The molecule has 0 N–H and O–H groups in total. The summed E-state index contributed by atoms with van der Waals surface area (Å²) in [4.78, 5) is 4.92. The molecule has 0 aliphatic carbocycles. The zero-order chi connectivity index (χ0) is 9.52. The smallest absolute Gasteiger partial charge is 0.223 e. The zero-order valence-electron chi connectivity index (χ0n) is 5.42. The Kier molecular flexibility index (Phi) is 1.30. The van der Waals surface area contributed by atoms with E-state index in [1.807, 2.05) is 0 Å². The predicted octanol–water partition coefficient (Wildman–Crippen LogP) is 3.13. The van der Waals surface area contributed by atoms with Crippen molar-refractivity contribution in [1.82, 2.24) is 9.97 Å². The van der Waals surface area contributed by atoms with Crippen molar-refractivity contribution < 1.29 is 19.4 Å². The van der Waals surface area contributed by atoms with Crippen LogP contribution >= 0.6 is 10.2 Å². The van der Waals surface area contributed by atoms with E-state index in [1.165, 1.54) is 0 Å². The molecule has 1 rings (SSSR count). The summed E-state index contributed by atoms with van der Waals surface area (Å²) in [5.74, 6) is 0. The van der Waals surface area contributed by atoms with Gasteiger partial charge in [-0.25, -0.2) is 9.97 Å². The van der Waals surface area contributed by atoms with E-state index < -0.39 is 15.4 Å². The molecule has 0 unspecified atom stereocenters. The van der Waals surface area contributed by atoms with E-state index in [4.69, 9.17) is 0 Å². The third kappa shape index (κ3) is 2.03. The van der Waals surface area contributed by atoms with E-state index >= 15 is 0 Å². The van der Waals surface area contributed by atoms with E-state index in [2.05, 4.69) is 9.97 Å². The standard InChI is InChI=1S/C4H3F5N2S/c5-12(6,7,8,9)4-10-2-1-3-11-4/h1-3H. The van der Waals surface area contributed by atoms with Gasteiger partial charge in [-0.3, -0.25) is 0 Å². The van der Waals surface area contributed by atoms with Gasteiger partial charge in [0.2, 0.25) is 0 Å². The van der Waals surface area contributed by atoms with Gasteiger partial charge in [0, 0.05) is 12.4 Å². The van der Waals surface area contributed by atoms with Gasteiger partial charge >= 0.3 is 10.2 Å². The molecule has 0 spiro atoms. The molecule has 8 heteroatoms. The first-order valence-electron chi connectivity index (χ1n) is 2.61. The molecule has 0 fully saturated rings. The van der Waals surface area contributed by atoms with Gasteiger partial charge in [0.1, 0.15) is 0 Å². The molecule has 0 radical (unpaired) electrons. The number of rotatable bonds is 1. The lowest BCUT2D eigenvalue weighted by molar-refractivity contribution is 0.351. The van der Waals surface area contributed by atoms with Crippen LogP contribution in [0, 0.1) is 0 Å². The zero-order valence-corrected chi connectivity index (χ0v) is 6.24. The van der Waals surface area contributed by atoms with Crippen LogP contribution in [-0.2, 0) is 0 Å². The molecule has 2 nitrogen and oxygen atoms in total. The molecule has 70 valence electrons. The maximum absolute atomic E-state index is 11.8. The summed E-state index contributed by atoms with van der Waals surface area (Å²) < 4.78 is 59.1. The molecule has 0 saturated carbocycles. The fourth-order valence-corrected chi connectivity index (χ4v) is 1.00. The average molecular weight is 206 g/mol. The van der Waals surface area contributed by atoms with Gasteiger partial charge in [-0.1, -0.05) is 19.4 Å². The Morgan fingerprint density at radius 2 is 1.33 bits per heavy atom. The van der Waals surface area contributed by atoms with E-state index in [0.717, 1.165) is 6.07 Å². The van der Waals surface area contributed by atoms with Gasteiger partial charge in [-0.2, -0.15) is 0 Å². The van der Waals surface area contributed by atoms with Crippen molar-refractivity contribution in [2.24, 2.45) is 0 Å². The van der Waals surface area contributed by atoms with Crippen molar-refractivity contribution in [1.29, 1.82) is 0 Å². The number of halogens is 5. The maximum Gasteiger partial charge on any atom is 0.342 e. The fourth-order valence-electron chi connectivity index (χ4n) is 0.485. The number of nitrogens with zero attached hydrogens (tertiary/aromatic N) is 2. The van der Waals surface area contributed by atoms with Crippen LogP contribution in [0.15, 0.2) is 23.6 Å². The minimum Gasteiger partial charge on any atom is -0.223 e. The molecule has 0 aromatic carbocycles. The van der Waals surface area contributed by atoms with Crippen molar-refractivity contribution in [2.75, 3.05) is 0 Å². The lowest BCUT2D eigenvalue weighted by atomic mass is 10.7. The van der Waals surface area contributed by atoms with Crippen molar-refractivity contribution in [3.63, 3.8) is 0 Å². The van der Waals surface area contributed by atoms with E-state index in [9.17, 15) is 19.4 Å². The second kappa shape index (κ2) is 1.70. The first kappa shape index (κ1) is 9.17. The Balaban J connectivity index is 3.36. The Morgan fingerprint density at radius 1 is 0.917 bits per heavy atom. The van der Waals surface area contributed by atoms with Gasteiger partial charge in [0.25, 0.3) is 5.16 Å². The fraction of sp³-hybridized carbons (Fsp3) is 0. The summed E-state index contributed by atoms with van der Waals surface area (Å²) in [5.41, 5.74) is 0. The van der Waals surface area contributed by atoms with Gasteiger partial charge in [0.15, 0.2) is 0 Å². The third-order valence-corrected chi connectivity index (χ3v) is 1.79. The van der Waals surface area contributed by atoms with Gasteiger partial charge in [0.05, 0.1) is 0 Å². The maximum atomic E-state index is 11.8. The van der Waals surface area contributed by atoms with E-state index in [1.54, 1.807) is 0 Å². The first-order valence-corrected chi connectivity index (χ1v) is 4.56. The molecule has 0 amide bonds. The first-order chi connectivity index (χ1) is 5.09. The molecule has 1 aromatic heterocycles. The van der Waals surface area contributed by atoms with Crippen LogP contribution in [0.4, 0.5) is 19.4 Å². The lowest BCUT2D eigenvalue weighted by Crippen LogP contribution is -2.10. The normalized spacial score (nSPS) is 18.1. The largest absolute Gasteiger partial charge is 0.342 e. The van der Waals surface area contributed by atoms with Crippen LogP contribution in [0.3, 0.4) is 0 Å². The Bertz CT molecular complexity index is 291. The second-order valence-electron chi connectivity index (χ2n) is 2.00. The molecular weight excluding hydrogens is 203 g/mol. The molecule has 1 aromatic rings. The van der Waals surface area contributed by atoms with Crippen LogP contribution in [0.1, 0.15) is 0 Å². The summed E-state index contributed by atoms with van der Waals surface area (Å²) in [5, 5.41) is -2.35. The summed E-state index contributed by atoms with van der Waals surface area (Å²) in [6.45, 7) is 0. The number of hydrogen-bond donors (Lipinski definition) is 0. The van der Waals surface area contributed by atoms with Crippen LogP contribution in [-0.4, -0.2) is 9.97 Å². The SMILES string of the molecule is FS(F)(F)(F)(F)c1ncccn1. The topological polar surface area (TPSA) is 25.8 Å². The summed E-state index contributed by atoms with van der Waals surface area (Å²) in [6.07, 6.45) is 1.22. The highest BCUT2D eigenvalue weighted by molar-refractivity contribution is 8.45. The molecule has 12 heavy (non-hydrogen) atoms.